The van der Waals surface area contributed by atoms with Crippen molar-refractivity contribution < 1.29 is 24.3 Å². The van der Waals surface area contributed by atoms with Crippen LogP contribution in [0.5, 0.6) is 5.75 Å². The lowest BCUT2D eigenvalue weighted by Gasteiger charge is -2.27. The van der Waals surface area contributed by atoms with E-state index in [1.807, 2.05) is 20.8 Å². The standard InChI is InChI=1S/C20H31N3O5/c1-5-6-7-15(12-23(27)13-24)19(25)18(14(2)3)22-20(26)21-16-8-10-17(28-4)11-9-16/h8-11,13-15,18,27H,5-7,12H2,1-4H3,(H2,21,22,26)/t15-,18-/m0/s1. The molecular formula is C20H31N3O5. The molecule has 28 heavy (non-hydrogen) atoms. The van der Waals surface area contributed by atoms with Gasteiger partial charge in [-0.1, -0.05) is 33.6 Å². The second kappa shape index (κ2) is 12.0. The van der Waals surface area contributed by atoms with Gasteiger partial charge in [0.1, 0.15) is 5.75 Å². The third kappa shape index (κ3) is 7.56. The Bertz CT molecular complexity index is 633. The second-order valence-corrected chi connectivity index (χ2v) is 7.02. The number of nitrogens with one attached hydrogen (secondary N) is 2. The van der Waals surface area contributed by atoms with E-state index in [0.29, 0.717) is 22.9 Å². The van der Waals surface area contributed by atoms with Crippen LogP contribution in [-0.2, 0) is 9.59 Å². The minimum Gasteiger partial charge on any atom is -0.497 e. The van der Waals surface area contributed by atoms with Crippen molar-refractivity contribution in [3.05, 3.63) is 24.3 Å². The zero-order chi connectivity index (χ0) is 21.1. The first-order valence-corrected chi connectivity index (χ1v) is 9.48. The van der Waals surface area contributed by atoms with Crippen molar-refractivity contribution in [3.63, 3.8) is 0 Å². The van der Waals surface area contributed by atoms with Crippen LogP contribution in [-0.4, -0.2) is 48.2 Å². The van der Waals surface area contributed by atoms with Crippen LogP contribution in [0.2, 0.25) is 0 Å². The van der Waals surface area contributed by atoms with Crippen LogP contribution in [0.4, 0.5) is 10.5 Å². The van der Waals surface area contributed by atoms with Gasteiger partial charge in [-0.2, -0.15) is 0 Å². The Kier molecular flexibility index (Phi) is 10.0. The number of ketones is 1. The number of carbonyl (C=O) groups is 3. The first-order valence-electron chi connectivity index (χ1n) is 9.48. The van der Waals surface area contributed by atoms with E-state index in [2.05, 4.69) is 10.6 Å². The van der Waals surface area contributed by atoms with Gasteiger partial charge < -0.3 is 15.4 Å². The van der Waals surface area contributed by atoms with E-state index in [1.165, 1.54) is 0 Å². The monoisotopic (exact) mass is 393 g/mol. The molecule has 0 aliphatic carbocycles. The molecule has 8 heteroatoms. The molecule has 0 radical (unpaired) electrons. The fourth-order valence-corrected chi connectivity index (χ4v) is 2.85. The molecule has 0 aliphatic rings. The summed E-state index contributed by atoms with van der Waals surface area (Å²) in [6.45, 7) is 5.58. The average Bonchev–Trinajstić information content (AvgIpc) is 2.68. The molecule has 8 nitrogen and oxygen atoms in total. The fourth-order valence-electron chi connectivity index (χ4n) is 2.85. The van der Waals surface area contributed by atoms with Crippen LogP contribution in [0.1, 0.15) is 40.0 Å². The summed E-state index contributed by atoms with van der Waals surface area (Å²) in [6, 6.07) is 5.60. The number of nitrogens with zero attached hydrogens (tertiary/aromatic N) is 1. The van der Waals surface area contributed by atoms with Crippen LogP contribution >= 0.6 is 0 Å². The number of ether oxygens (including phenoxy) is 1. The number of hydroxylamine groups is 2. The highest BCUT2D eigenvalue weighted by Crippen LogP contribution is 2.18. The van der Waals surface area contributed by atoms with Gasteiger partial charge in [0.2, 0.25) is 6.41 Å². The first kappa shape index (κ1) is 23.4. The van der Waals surface area contributed by atoms with Crippen LogP contribution in [0, 0.1) is 11.8 Å². The van der Waals surface area contributed by atoms with Gasteiger partial charge >= 0.3 is 6.03 Å². The Balaban J connectivity index is 2.82. The molecule has 0 saturated heterocycles. The van der Waals surface area contributed by atoms with E-state index in [9.17, 15) is 19.6 Å². The summed E-state index contributed by atoms with van der Waals surface area (Å²) in [4.78, 5) is 36.1. The Hall–Kier alpha value is -2.61. The Morgan fingerprint density at radius 2 is 1.89 bits per heavy atom. The van der Waals surface area contributed by atoms with E-state index >= 15 is 0 Å². The molecule has 1 aromatic rings. The molecule has 0 fully saturated rings. The SMILES string of the molecule is CCCC[C@@H](CN(O)C=O)C(=O)[C@@H](NC(=O)Nc1ccc(OC)cc1)C(C)C. The molecular weight excluding hydrogens is 362 g/mol. The van der Waals surface area contributed by atoms with Gasteiger partial charge in [0, 0.05) is 11.6 Å². The van der Waals surface area contributed by atoms with Crippen molar-refractivity contribution in [2.24, 2.45) is 11.8 Å². The highest BCUT2D eigenvalue weighted by atomic mass is 16.5. The van der Waals surface area contributed by atoms with Crippen molar-refractivity contribution in [2.45, 2.75) is 46.1 Å². The minimum atomic E-state index is -0.736. The maximum Gasteiger partial charge on any atom is 0.319 e. The third-order valence-electron chi connectivity index (χ3n) is 4.45. The summed E-state index contributed by atoms with van der Waals surface area (Å²) in [5, 5.41) is 15.4. The minimum absolute atomic E-state index is 0.0899. The zero-order valence-corrected chi connectivity index (χ0v) is 17.0. The molecule has 0 heterocycles. The summed E-state index contributed by atoms with van der Waals surface area (Å²) in [7, 11) is 1.56. The molecule has 0 saturated carbocycles. The summed E-state index contributed by atoms with van der Waals surface area (Å²) in [5.74, 6) is -0.233. The van der Waals surface area contributed by atoms with Gasteiger partial charge in [0.15, 0.2) is 5.78 Å². The summed E-state index contributed by atoms with van der Waals surface area (Å²) in [5.41, 5.74) is 0.568. The molecule has 156 valence electrons. The Morgan fingerprint density at radius 3 is 2.39 bits per heavy atom. The molecule has 1 aromatic carbocycles. The summed E-state index contributed by atoms with van der Waals surface area (Å²) < 4.78 is 5.08. The van der Waals surface area contributed by atoms with Gasteiger partial charge in [-0.15, -0.1) is 0 Å². The lowest BCUT2D eigenvalue weighted by Crippen LogP contribution is -2.49. The normalized spacial score (nSPS) is 12.8. The van der Waals surface area contributed by atoms with Crippen LogP contribution in [0.25, 0.3) is 0 Å². The largest absolute Gasteiger partial charge is 0.497 e. The fraction of sp³-hybridized carbons (Fsp3) is 0.550. The third-order valence-corrected chi connectivity index (χ3v) is 4.45. The number of rotatable bonds is 12. The maximum atomic E-state index is 13.0. The predicted molar refractivity (Wildman–Crippen MR) is 106 cm³/mol. The number of benzene rings is 1. The van der Waals surface area contributed by atoms with Gasteiger partial charge in [-0.3, -0.25) is 14.8 Å². The summed E-state index contributed by atoms with van der Waals surface area (Å²) in [6.07, 6.45) is 2.48. The molecule has 0 unspecified atom stereocenters. The van der Waals surface area contributed by atoms with Crippen LogP contribution < -0.4 is 15.4 Å². The van der Waals surface area contributed by atoms with Crippen LogP contribution in [0.3, 0.4) is 0 Å². The summed E-state index contributed by atoms with van der Waals surface area (Å²) >= 11 is 0. The average molecular weight is 393 g/mol. The number of hydrogen-bond acceptors (Lipinski definition) is 5. The number of methoxy groups -OCH3 is 1. The lowest BCUT2D eigenvalue weighted by atomic mass is 9.87. The molecule has 0 spiro atoms. The molecule has 3 N–H and O–H groups in total. The van der Waals surface area contributed by atoms with Crippen molar-refractivity contribution >= 4 is 23.9 Å². The highest BCUT2D eigenvalue weighted by molar-refractivity contribution is 5.95. The molecule has 0 aromatic heterocycles. The van der Waals surface area contributed by atoms with Crippen molar-refractivity contribution in [3.8, 4) is 5.75 Å². The van der Waals surface area contributed by atoms with Crippen molar-refractivity contribution in [1.29, 1.82) is 0 Å². The first-order chi connectivity index (χ1) is 13.3. The molecule has 0 bridgehead atoms. The Morgan fingerprint density at radius 1 is 1.25 bits per heavy atom. The quantitative estimate of drug-likeness (QED) is 0.287. The van der Waals surface area contributed by atoms with Gasteiger partial charge in [-0.25, -0.2) is 9.86 Å². The van der Waals surface area contributed by atoms with Crippen molar-refractivity contribution in [2.75, 3.05) is 19.0 Å². The zero-order valence-electron chi connectivity index (χ0n) is 17.0. The number of carbonyl (C=O) groups excluding carboxylic acids is 3. The topological polar surface area (TPSA) is 108 Å². The second-order valence-electron chi connectivity index (χ2n) is 7.02. The number of amides is 3. The molecule has 1 rings (SSSR count). The van der Waals surface area contributed by atoms with E-state index in [-0.39, 0.29) is 24.7 Å². The van der Waals surface area contributed by atoms with E-state index in [1.54, 1.807) is 31.4 Å². The Labute approximate surface area is 166 Å². The molecule has 2 atom stereocenters. The van der Waals surface area contributed by atoms with Gasteiger partial charge in [-0.05, 0) is 36.6 Å². The van der Waals surface area contributed by atoms with Crippen molar-refractivity contribution in [1.82, 2.24) is 10.4 Å². The maximum absolute atomic E-state index is 13.0. The van der Waals surface area contributed by atoms with Gasteiger partial charge in [0.25, 0.3) is 0 Å². The van der Waals surface area contributed by atoms with Crippen LogP contribution in [0.15, 0.2) is 24.3 Å². The van der Waals surface area contributed by atoms with E-state index in [4.69, 9.17) is 4.74 Å². The van der Waals surface area contributed by atoms with E-state index in [0.717, 1.165) is 12.8 Å². The van der Waals surface area contributed by atoms with E-state index < -0.39 is 18.0 Å². The lowest BCUT2D eigenvalue weighted by molar-refractivity contribution is -0.154. The van der Waals surface area contributed by atoms with Gasteiger partial charge in [0.05, 0.1) is 19.7 Å². The predicted octanol–water partition coefficient (Wildman–Crippen LogP) is 3.06. The number of unbranched alkanes of at least 4 members (excludes halogenated alkanes) is 1. The smallest absolute Gasteiger partial charge is 0.319 e. The number of hydrogen-bond donors (Lipinski definition) is 3. The highest BCUT2D eigenvalue weighted by Gasteiger charge is 2.31. The molecule has 3 amide bonds. The number of urea groups is 1. The molecule has 0 aliphatic heterocycles. The number of Topliss-reactive ketones (excluding diaryl/α,β-unsaturated/α-hetero) is 1. The number of anilines is 1.